The van der Waals surface area contributed by atoms with E-state index in [2.05, 4.69) is 15.3 Å². The van der Waals surface area contributed by atoms with E-state index in [1.807, 2.05) is 12.1 Å². The molecule has 0 bridgehead atoms. The van der Waals surface area contributed by atoms with Gasteiger partial charge in [-0.15, -0.1) is 0 Å². The van der Waals surface area contributed by atoms with Crippen LogP contribution in [0.1, 0.15) is 44.3 Å². The minimum Gasteiger partial charge on any atom is -0.294 e. The quantitative estimate of drug-likeness (QED) is 0.711. The van der Waals surface area contributed by atoms with Gasteiger partial charge in [0, 0.05) is 23.2 Å². The molecule has 0 saturated carbocycles. The number of benzene rings is 2. The Balaban J connectivity index is 1.56. The van der Waals surface area contributed by atoms with Gasteiger partial charge in [0.2, 0.25) is 5.95 Å². The van der Waals surface area contributed by atoms with Gasteiger partial charge in [-0.1, -0.05) is 23.7 Å². The third kappa shape index (κ3) is 3.77. The zero-order valence-corrected chi connectivity index (χ0v) is 15.4. The Bertz CT molecular complexity index is 1050. The number of Topliss-reactive ketones (excluding diaryl/α,β-unsaturated/α-hetero) is 1. The fraction of sp³-hybridized carbons (Fsp3) is 0.143. The molecule has 0 radical (unpaired) electrons. The Hall–Kier alpha value is -3.12. The lowest BCUT2D eigenvalue weighted by Crippen LogP contribution is -2.22. The van der Waals surface area contributed by atoms with E-state index in [-0.39, 0.29) is 23.2 Å². The summed E-state index contributed by atoms with van der Waals surface area (Å²) in [6.07, 6.45) is 2.38. The molecule has 1 heterocycles. The predicted octanol–water partition coefficient (Wildman–Crippen LogP) is 4.43. The maximum absolute atomic E-state index is 13.0. The summed E-state index contributed by atoms with van der Waals surface area (Å²) >= 11 is 5.94. The van der Waals surface area contributed by atoms with Crippen LogP contribution in [0.2, 0.25) is 5.02 Å². The first-order valence-corrected chi connectivity index (χ1v) is 9.09. The van der Waals surface area contributed by atoms with E-state index in [9.17, 15) is 14.0 Å². The van der Waals surface area contributed by atoms with Gasteiger partial charge in [0.05, 0.1) is 11.3 Å². The monoisotopic (exact) mass is 395 g/mol. The highest BCUT2D eigenvalue weighted by atomic mass is 35.5. The number of anilines is 1. The van der Waals surface area contributed by atoms with Crippen LogP contribution in [0.4, 0.5) is 10.3 Å². The SMILES string of the molecule is O=C(Nc1ncc2c(n1)C[C@@H](c1ccc(Cl)cc1)CC2=O)c1ccc(F)cc1. The van der Waals surface area contributed by atoms with Crippen molar-refractivity contribution in [1.82, 2.24) is 9.97 Å². The molecule has 0 saturated heterocycles. The summed E-state index contributed by atoms with van der Waals surface area (Å²) in [6, 6.07) is 12.6. The molecule has 1 aliphatic rings. The summed E-state index contributed by atoms with van der Waals surface area (Å²) in [5.41, 5.74) is 2.38. The Morgan fingerprint density at radius 1 is 1.07 bits per heavy atom. The number of aromatic nitrogens is 2. The predicted molar refractivity (Wildman–Crippen MR) is 103 cm³/mol. The summed E-state index contributed by atoms with van der Waals surface area (Å²) < 4.78 is 13.0. The van der Waals surface area contributed by atoms with Crippen LogP contribution in [0.3, 0.4) is 0 Å². The van der Waals surface area contributed by atoms with Gasteiger partial charge >= 0.3 is 0 Å². The van der Waals surface area contributed by atoms with Gasteiger partial charge in [0.25, 0.3) is 5.91 Å². The van der Waals surface area contributed by atoms with E-state index in [1.165, 1.54) is 30.5 Å². The van der Waals surface area contributed by atoms with Crippen LogP contribution in [-0.2, 0) is 6.42 Å². The molecule has 4 rings (SSSR count). The fourth-order valence-electron chi connectivity index (χ4n) is 3.25. The lowest BCUT2D eigenvalue weighted by molar-refractivity contribution is 0.0962. The minimum absolute atomic E-state index is 0.00665. The molecule has 140 valence electrons. The summed E-state index contributed by atoms with van der Waals surface area (Å²) in [6.45, 7) is 0. The molecular weight excluding hydrogens is 381 g/mol. The number of hydrogen-bond donors (Lipinski definition) is 1. The van der Waals surface area contributed by atoms with E-state index < -0.39 is 11.7 Å². The van der Waals surface area contributed by atoms with Crippen molar-refractivity contribution in [1.29, 1.82) is 0 Å². The molecule has 1 N–H and O–H groups in total. The van der Waals surface area contributed by atoms with Crippen molar-refractivity contribution in [2.45, 2.75) is 18.8 Å². The maximum Gasteiger partial charge on any atom is 0.258 e. The molecule has 1 amide bonds. The number of hydrogen-bond acceptors (Lipinski definition) is 4. The average molecular weight is 396 g/mol. The van der Waals surface area contributed by atoms with Crippen molar-refractivity contribution >= 4 is 29.2 Å². The van der Waals surface area contributed by atoms with Crippen molar-refractivity contribution in [3.63, 3.8) is 0 Å². The molecule has 0 aliphatic heterocycles. The zero-order valence-electron chi connectivity index (χ0n) is 14.7. The van der Waals surface area contributed by atoms with Crippen molar-refractivity contribution < 1.29 is 14.0 Å². The number of nitrogens with one attached hydrogen (secondary N) is 1. The van der Waals surface area contributed by atoms with Gasteiger partial charge in [-0.25, -0.2) is 14.4 Å². The van der Waals surface area contributed by atoms with E-state index in [0.717, 1.165) is 5.56 Å². The Kier molecular flexibility index (Phi) is 4.88. The number of carbonyl (C=O) groups is 2. The molecule has 28 heavy (non-hydrogen) atoms. The van der Waals surface area contributed by atoms with Gasteiger partial charge in [0.1, 0.15) is 5.82 Å². The number of halogens is 2. The second kappa shape index (κ2) is 7.48. The third-order valence-electron chi connectivity index (χ3n) is 4.71. The molecule has 3 aromatic rings. The minimum atomic E-state index is -0.448. The van der Waals surface area contributed by atoms with E-state index in [4.69, 9.17) is 11.6 Å². The molecule has 5 nitrogen and oxygen atoms in total. The van der Waals surface area contributed by atoms with Crippen LogP contribution in [0.25, 0.3) is 0 Å². The number of nitrogens with zero attached hydrogens (tertiary/aromatic N) is 2. The molecule has 1 aromatic heterocycles. The van der Waals surface area contributed by atoms with Crippen LogP contribution in [0.15, 0.2) is 54.7 Å². The van der Waals surface area contributed by atoms with E-state index in [1.54, 1.807) is 12.1 Å². The average Bonchev–Trinajstić information content (AvgIpc) is 2.68. The highest BCUT2D eigenvalue weighted by molar-refractivity contribution is 6.30. The molecule has 7 heteroatoms. The molecule has 0 unspecified atom stereocenters. The number of ketones is 1. The van der Waals surface area contributed by atoms with Gasteiger partial charge in [0.15, 0.2) is 5.78 Å². The summed E-state index contributed by atoms with van der Waals surface area (Å²) in [4.78, 5) is 33.2. The zero-order chi connectivity index (χ0) is 19.7. The van der Waals surface area contributed by atoms with Crippen LogP contribution < -0.4 is 5.32 Å². The Labute approximate surface area is 165 Å². The van der Waals surface area contributed by atoms with E-state index in [0.29, 0.717) is 29.1 Å². The second-order valence-corrected chi connectivity index (χ2v) is 7.03. The normalized spacial score (nSPS) is 15.8. The molecular formula is C21H15ClFN3O2. The standard InChI is InChI=1S/C21H15ClFN3O2/c22-15-5-1-12(2-6-15)14-9-18-17(19(27)10-14)11-24-21(25-18)26-20(28)13-3-7-16(23)8-4-13/h1-8,11,14H,9-10H2,(H,24,25,26,28)/t14-/m1/s1. The molecule has 0 fully saturated rings. The number of fused-ring (bicyclic) bond motifs is 1. The topological polar surface area (TPSA) is 72.0 Å². The van der Waals surface area contributed by atoms with Crippen LogP contribution in [0, 0.1) is 5.82 Å². The van der Waals surface area contributed by atoms with Gasteiger partial charge in [-0.3, -0.25) is 14.9 Å². The summed E-state index contributed by atoms with van der Waals surface area (Å²) in [7, 11) is 0. The smallest absolute Gasteiger partial charge is 0.258 e. The van der Waals surface area contributed by atoms with Gasteiger partial charge < -0.3 is 0 Å². The van der Waals surface area contributed by atoms with Crippen LogP contribution in [-0.4, -0.2) is 21.7 Å². The highest BCUT2D eigenvalue weighted by Gasteiger charge is 2.28. The number of amides is 1. The molecule has 1 aliphatic carbocycles. The van der Waals surface area contributed by atoms with Crippen LogP contribution in [0.5, 0.6) is 0 Å². The number of rotatable bonds is 3. The largest absolute Gasteiger partial charge is 0.294 e. The third-order valence-corrected chi connectivity index (χ3v) is 4.96. The first-order chi connectivity index (χ1) is 13.5. The van der Waals surface area contributed by atoms with Crippen molar-refractivity contribution in [3.8, 4) is 0 Å². The lowest BCUT2D eigenvalue weighted by atomic mass is 9.82. The summed E-state index contributed by atoms with van der Waals surface area (Å²) in [5.74, 6) is -0.798. The van der Waals surface area contributed by atoms with Crippen molar-refractivity contribution in [3.05, 3.63) is 88.0 Å². The van der Waals surface area contributed by atoms with Crippen molar-refractivity contribution in [2.75, 3.05) is 5.32 Å². The fourth-order valence-corrected chi connectivity index (χ4v) is 3.38. The van der Waals surface area contributed by atoms with E-state index >= 15 is 0 Å². The molecule has 2 aromatic carbocycles. The van der Waals surface area contributed by atoms with Crippen molar-refractivity contribution in [2.24, 2.45) is 0 Å². The molecule has 1 atom stereocenters. The second-order valence-electron chi connectivity index (χ2n) is 6.59. The summed E-state index contributed by atoms with van der Waals surface area (Å²) in [5, 5.41) is 3.23. The first-order valence-electron chi connectivity index (χ1n) is 8.71. The highest BCUT2D eigenvalue weighted by Crippen LogP contribution is 2.32. The molecule has 0 spiro atoms. The maximum atomic E-state index is 13.0. The van der Waals surface area contributed by atoms with Crippen LogP contribution >= 0.6 is 11.6 Å². The lowest BCUT2D eigenvalue weighted by Gasteiger charge is -2.23. The van der Waals surface area contributed by atoms with Gasteiger partial charge in [-0.2, -0.15) is 0 Å². The Morgan fingerprint density at radius 2 is 1.79 bits per heavy atom. The number of carbonyl (C=O) groups excluding carboxylic acids is 2. The van der Waals surface area contributed by atoms with Gasteiger partial charge in [-0.05, 0) is 54.3 Å². The first kappa shape index (κ1) is 18.3. The Morgan fingerprint density at radius 3 is 2.50 bits per heavy atom.